The average molecular weight is 492 g/mol. The van der Waals surface area contributed by atoms with E-state index >= 15 is 0 Å². The minimum absolute atomic E-state index is 0.275. The quantitative estimate of drug-likeness (QED) is 0.383. The number of hydrogen-bond donors (Lipinski definition) is 2. The number of carbonyl (C=O) groups excluding carboxylic acids is 2. The molecule has 182 valence electrons. The molecule has 7 nitrogen and oxygen atoms in total. The highest BCUT2D eigenvalue weighted by Crippen LogP contribution is 2.59. The minimum atomic E-state index is -4.54. The van der Waals surface area contributed by atoms with Crippen molar-refractivity contribution in [3.8, 4) is 22.6 Å². The lowest BCUT2D eigenvalue weighted by Gasteiger charge is -2.12. The van der Waals surface area contributed by atoms with E-state index in [1.54, 1.807) is 54.7 Å². The lowest BCUT2D eigenvalue weighted by atomic mass is 9.97. The zero-order valence-electron chi connectivity index (χ0n) is 18.6. The molecule has 2 aromatic heterocycles. The molecule has 2 heterocycles. The summed E-state index contributed by atoms with van der Waals surface area (Å²) in [4.78, 5) is 31.2. The van der Waals surface area contributed by atoms with Gasteiger partial charge < -0.3 is 16.2 Å². The molecule has 1 atom stereocenters. The van der Waals surface area contributed by atoms with E-state index < -0.39 is 29.1 Å². The van der Waals surface area contributed by atoms with Crippen LogP contribution in [0, 0.1) is 5.41 Å². The van der Waals surface area contributed by atoms with Crippen molar-refractivity contribution in [3.63, 3.8) is 0 Å². The fourth-order valence-corrected chi connectivity index (χ4v) is 4.38. The second-order valence-corrected chi connectivity index (χ2v) is 8.60. The van der Waals surface area contributed by atoms with Crippen LogP contribution in [0.25, 0.3) is 22.0 Å². The van der Waals surface area contributed by atoms with Gasteiger partial charge in [-0.05, 0) is 65.6 Å². The van der Waals surface area contributed by atoms with Gasteiger partial charge in [0.1, 0.15) is 22.6 Å². The van der Waals surface area contributed by atoms with Crippen molar-refractivity contribution in [2.45, 2.75) is 18.5 Å². The summed E-state index contributed by atoms with van der Waals surface area (Å²) in [5.74, 6) is -0.829. The highest BCUT2D eigenvalue weighted by Gasteiger charge is 2.64. The van der Waals surface area contributed by atoms with E-state index in [-0.39, 0.29) is 12.3 Å². The van der Waals surface area contributed by atoms with Crippen molar-refractivity contribution >= 4 is 22.7 Å². The number of carbonyl (C=O) groups is 2. The first-order valence-electron chi connectivity index (χ1n) is 10.9. The summed E-state index contributed by atoms with van der Waals surface area (Å²) in [6.45, 7) is 0. The number of primary amides is 2. The maximum Gasteiger partial charge on any atom is 0.433 e. The first kappa shape index (κ1) is 23.3. The van der Waals surface area contributed by atoms with Crippen LogP contribution in [0.4, 0.5) is 13.2 Å². The highest BCUT2D eigenvalue weighted by molar-refractivity contribution is 6.08. The number of benzene rings is 2. The van der Waals surface area contributed by atoms with Crippen molar-refractivity contribution in [2.24, 2.45) is 16.9 Å². The second kappa shape index (κ2) is 8.33. The minimum Gasteiger partial charge on any atom is -0.457 e. The third-order valence-electron chi connectivity index (χ3n) is 6.44. The third kappa shape index (κ3) is 4.00. The standard InChI is InChI=1S/C26H19F3N4O3/c27-26(28,29)22-12-16(7-9-33-22)15-3-6-18-20(11-15)32-10-8-21(18)36-17-4-1-14(2-5-17)19-13-25(19,23(30)34)24(31)35/h1-12,19H,13H2,(H2,30,34)(H2,31,35). The van der Waals surface area contributed by atoms with Gasteiger partial charge in [0.05, 0.1) is 5.52 Å². The van der Waals surface area contributed by atoms with Crippen LogP contribution in [0.15, 0.2) is 73.1 Å². The number of nitrogens with two attached hydrogens (primary N) is 2. The van der Waals surface area contributed by atoms with Gasteiger partial charge in [0.2, 0.25) is 11.8 Å². The summed E-state index contributed by atoms with van der Waals surface area (Å²) in [5, 5.41) is 0.666. The molecule has 0 saturated heterocycles. The van der Waals surface area contributed by atoms with E-state index in [1.165, 1.54) is 6.07 Å². The van der Waals surface area contributed by atoms with E-state index in [9.17, 15) is 22.8 Å². The van der Waals surface area contributed by atoms with Crippen LogP contribution in [0.1, 0.15) is 23.6 Å². The number of hydrogen-bond acceptors (Lipinski definition) is 5. The lowest BCUT2D eigenvalue weighted by molar-refractivity contribution is -0.141. The molecule has 0 aliphatic heterocycles. The van der Waals surface area contributed by atoms with Crippen molar-refractivity contribution in [1.82, 2.24) is 9.97 Å². The molecule has 4 N–H and O–H groups in total. The molecule has 1 saturated carbocycles. The van der Waals surface area contributed by atoms with Crippen LogP contribution in [-0.4, -0.2) is 21.8 Å². The summed E-state index contributed by atoms with van der Waals surface area (Å²) < 4.78 is 45.2. The van der Waals surface area contributed by atoms with Crippen LogP contribution < -0.4 is 16.2 Å². The highest BCUT2D eigenvalue weighted by atomic mass is 19.4. The Morgan fingerprint density at radius 2 is 1.56 bits per heavy atom. The normalized spacial score (nSPS) is 16.5. The Balaban J connectivity index is 1.39. The van der Waals surface area contributed by atoms with E-state index in [0.29, 0.717) is 33.5 Å². The molecule has 36 heavy (non-hydrogen) atoms. The molecule has 1 fully saturated rings. The Morgan fingerprint density at radius 3 is 2.19 bits per heavy atom. The molecule has 1 aliphatic rings. The Labute approximate surface area is 202 Å². The number of aromatic nitrogens is 2. The molecule has 1 unspecified atom stereocenters. The summed E-state index contributed by atoms with van der Waals surface area (Å²) >= 11 is 0. The second-order valence-electron chi connectivity index (χ2n) is 8.60. The van der Waals surface area contributed by atoms with Crippen molar-refractivity contribution in [1.29, 1.82) is 0 Å². The Bertz CT molecular complexity index is 1490. The van der Waals surface area contributed by atoms with Crippen LogP contribution in [0.5, 0.6) is 11.5 Å². The molecule has 0 bridgehead atoms. The van der Waals surface area contributed by atoms with Gasteiger partial charge in [-0.1, -0.05) is 18.2 Å². The van der Waals surface area contributed by atoms with Gasteiger partial charge in [-0.15, -0.1) is 0 Å². The summed E-state index contributed by atoms with van der Waals surface area (Å²) in [5.41, 5.74) is 10.7. The van der Waals surface area contributed by atoms with Crippen LogP contribution in [-0.2, 0) is 15.8 Å². The van der Waals surface area contributed by atoms with Gasteiger partial charge in [0, 0.05) is 23.7 Å². The number of pyridine rings is 2. The van der Waals surface area contributed by atoms with Gasteiger partial charge in [-0.2, -0.15) is 13.2 Å². The van der Waals surface area contributed by atoms with Crippen molar-refractivity contribution in [3.05, 3.63) is 84.3 Å². The molecule has 1 aliphatic carbocycles. The number of rotatable bonds is 6. The van der Waals surface area contributed by atoms with Crippen LogP contribution >= 0.6 is 0 Å². The van der Waals surface area contributed by atoms with E-state index in [2.05, 4.69) is 9.97 Å². The molecule has 5 rings (SSSR count). The maximum atomic E-state index is 13.0. The lowest BCUT2D eigenvalue weighted by Crippen LogP contribution is -2.38. The Kier molecular flexibility index (Phi) is 5.39. The topological polar surface area (TPSA) is 121 Å². The van der Waals surface area contributed by atoms with Gasteiger partial charge in [0.25, 0.3) is 0 Å². The predicted molar refractivity (Wildman–Crippen MR) is 125 cm³/mol. The molecule has 10 heteroatoms. The first-order chi connectivity index (χ1) is 17.1. The smallest absolute Gasteiger partial charge is 0.433 e. The summed E-state index contributed by atoms with van der Waals surface area (Å²) in [7, 11) is 0. The maximum absolute atomic E-state index is 13.0. The first-order valence-corrected chi connectivity index (χ1v) is 10.9. The largest absolute Gasteiger partial charge is 0.457 e. The number of ether oxygens (including phenoxy) is 1. The van der Waals surface area contributed by atoms with Crippen LogP contribution in [0.2, 0.25) is 0 Å². The average Bonchev–Trinajstić information content (AvgIpc) is 3.62. The molecular formula is C26H19F3N4O3. The third-order valence-corrected chi connectivity index (χ3v) is 6.44. The van der Waals surface area contributed by atoms with Crippen molar-refractivity contribution < 1.29 is 27.5 Å². The predicted octanol–water partition coefficient (Wildman–Crippen LogP) is 4.55. The fourth-order valence-electron chi connectivity index (χ4n) is 4.38. The van der Waals surface area contributed by atoms with E-state index in [1.807, 2.05) is 0 Å². The molecule has 2 aromatic carbocycles. The number of amides is 2. The van der Waals surface area contributed by atoms with Crippen molar-refractivity contribution in [2.75, 3.05) is 0 Å². The summed E-state index contributed by atoms with van der Waals surface area (Å²) in [6, 6.07) is 16.2. The number of alkyl halides is 3. The Hall–Kier alpha value is -4.47. The zero-order chi connectivity index (χ0) is 25.7. The molecule has 2 amide bonds. The molecule has 4 aromatic rings. The van der Waals surface area contributed by atoms with E-state index in [0.717, 1.165) is 17.8 Å². The number of nitrogens with zero attached hydrogens (tertiary/aromatic N) is 2. The molecular weight excluding hydrogens is 473 g/mol. The Morgan fingerprint density at radius 1 is 0.889 bits per heavy atom. The monoisotopic (exact) mass is 492 g/mol. The molecule has 0 spiro atoms. The van der Waals surface area contributed by atoms with Gasteiger partial charge in [0.15, 0.2) is 0 Å². The zero-order valence-corrected chi connectivity index (χ0v) is 18.6. The summed E-state index contributed by atoms with van der Waals surface area (Å²) in [6.07, 6.45) is -1.60. The van der Waals surface area contributed by atoms with Gasteiger partial charge in [-0.3, -0.25) is 19.6 Å². The van der Waals surface area contributed by atoms with Crippen LogP contribution in [0.3, 0.4) is 0 Å². The number of halogens is 3. The fraction of sp³-hybridized carbons (Fsp3) is 0.154. The number of fused-ring (bicyclic) bond motifs is 1. The van der Waals surface area contributed by atoms with Gasteiger partial charge in [-0.25, -0.2) is 0 Å². The van der Waals surface area contributed by atoms with Gasteiger partial charge >= 0.3 is 6.18 Å². The SMILES string of the molecule is NC(=O)C1(C(N)=O)CC1c1ccc(Oc2ccnc3cc(-c4ccnc(C(F)(F)F)c4)ccc23)cc1. The molecule has 0 radical (unpaired) electrons. The van der Waals surface area contributed by atoms with E-state index in [4.69, 9.17) is 16.2 Å².